The highest BCUT2D eigenvalue weighted by atomic mass is 16.5. The van der Waals surface area contributed by atoms with Crippen LogP contribution in [0.15, 0.2) is 12.3 Å². The summed E-state index contributed by atoms with van der Waals surface area (Å²) in [4.78, 5) is 7.76. The lowest BCUT2D eigenvalue weighted by atomic mass is 10.4. The van der Waals surface area contributed by atoms with Crippen molar-refractivity contribution in [2.45, 2.75) is 20.0 Å². The van der Waals surface area contributed by atoms with E-state index in [1.165, 1.54) is 6.20 Å². The predicted octanol–water partition coefficient (Wildman–Crippen LogP) is 0.895. The minimum absolute atomic E-state index is 0.0564. The van der Waals surface area contributed by atoms with Gasteiger partial charge in [-0.1, -0.05) is 0 Å². The Labute approximate surface area is 104 Å². The first-order chi connectivity index (χ1) is 8.54. The molecule has 8 nitrogen and oxygen atoms in total. The molecule has 2 heterocycles. The van der Waals surface area contributed by atoms with E-state index in [1.54, 1.807) is 6.07 Å². The molecule has 6 N–H and O–H groups in total. The Morgan fingerprint density at radius 3 is 2.89 bits per heavy atom. The molecule has 18 heavy (non-hydrogen) atoms. The average molecular weight is 249 g/mol. The molecule has 2 aromatic rings. The zero-order valence-electron chi connectivity index (χ0n) is 10.1. The number of nitrogens with zero attached hydrogens (tertiary/aromatic N) is 3. The number of ether oxygens (including phenoxy) is 1. The fourth-order valence-electron chi connectivity index (χ4n) is 1.30. The maximum atomic E-state index is 5.72. The van der Waals surface area contributed by atoms with E-state index in [1.807, 2.05) is 13.8 Å². The Bertz CT molecular complexity index is 537. The molecule has 0 bridgehead atoms. The number of nitrogens with two attached hydrogens (primary N) is 2. The molecule has 0 saturated carbocycles. The van der Waals surface area contributed by atoms with Gasteiger partial charge in [-0.2, -0.15) is 4.98 Å². The second-order valence-corrected chi connectivity index (χ2v) is 3.94. The van der Waals surface area contributed by atoms with Crippen LogP contribution in [0.5, 0.6) is 5.88 Å². The molecule has 0 unspecified atom stereocenters. The summed E-state index contributed by atoms with van der Waals surface area (Å²) >= 11 is 0. The lowest BCUT2D eigenvalue weighted by molar-refractivity contribution is 0.232. The van der Waals surface area contributed by atoms with Gasteiger partial charge < -0.3 is 21.5 Å². The van der Waals surface area contributed by atoms with Crippen LogP contribution in [-0.4, -0.2) is 26.3 Å². The highest BCUT2D eigenvalue weighted by Gasteiger charge is 2.07. The number of nitrogens with one attached hydrogen (secondary N) is 2. The van der Waals surface area contributed by atoms with E-state index in [0.717, 1.165) is 0 Å². The van der Waals surface area contributed by atoms with Gasteiger partial charge in [0.15, 0.2) is 5.82 Å². The third kappa shape index (κ3) is 2.78. The van der Waals surface area contributed by atoms with Crippen LogP contribution in [0, 0.1) is 0 Å². The number of anilines is 4. The van der Waals surface area contributed by atoms with Gasteiger partial charge in [0.05, 0.1) is 18.0 Å². The molecule has 0 fully saturated rings. The van der Waals surface area contributed by atoms with Crippen molar-refractivity contribution < 1.29 is 4.74 Å². The Hall–Kier alpha value is -2.51. The maximum absolute atomic E-state index is 5.72. The number of rotatable bonds is 4. The third-order valence-electron chi connectivity index (χ3n) is 2.00. The van der Waals surface area contributed by atoms with E-state index < -0.39 is 0 Å². The molecule has 96 valence electrons. The summed E-state index contributed by atoms with van der Waals surface area (Å²) in [6.07, 6.45) is 1.49. The second-order valence-electron chi connectivity index (χ2n) is 3.94. The van der Waals surface area contributed by atoms with Gasteiger partial charge in [0, 0.05) is 6.07 Å². The van der Waals surface area contributed by atoms with E-state index in [2.05, 4.69) is 25.5 Å². The van der Waals surface area contributed by atoms with Gasteiger partial charge in [-0.05, 0) is 13.8 Å². The molecule has 0 aromatic carbocycles. The SMILES string of the molecule is CC(C)Oc1cc(Nc2nc(N)ncc2N)[nH]n1. The molecule has 0 aliphatic heterocycles. The van der Waals surface area contributed by atoms with E-state index >= 15 is 0 Å². The van der Waals surface area contributed by atoms with E-state index in [0.29, 0.717) is 23.2 Å². The smallest absolute Gasteiger partial charge is 0.234 e. The van der Waals surface area contributed by atoms with Crippen LogP contribution in [0.3, 0.4) is 0 Å². The van der Waals surface area contributed by atoms with Gasteiger partial charge in [0.25, 0.3) is 0 Å². The number of nitrogen functional groups attached to an aromatic ring is 2. The summed E-state index contributed by atoms with van der Waals surface area (Å²) < 4.78 is 5.42. The Kier molecular flexibility index (Phi) is 3.18. The van der Waals surface area contributed by atoms with Crippen LogP contribution in [0.4, 0.5) is 23.3 Å². The molecule has 0 aliphatic carbocycles. The van der Waals surface area contributed by atoms with E-state index in [9.17, 15) is 0 Å². The Morgan fingerprint density at radius 2 is 2.17 bits per heavy atom. The van der Waals surface area contributed by atoms with Gasteiger partial charge >= 0.3 is 0 Å². The quantitative estimate of drug-likeness (QED) is 0.633. The van der Waals surface area contributed by atoms with Gasteiger partial charge in [-0.15, -0.1) is 5.10 Å². The van der Waals surface area contributed by atoms with Crippen LogP contribution >= 0.6 is 0 Å². The van der Waals surface area contributed by atoms with Crippen LogP contribution < -0.4 is 21.5 Å². The number of hydrogen-bond donors (Lipinski definition) is 4. The topological polar surface area (TPSA) is 128 Å². The summed E-state index contributed by atoms with van der Waals surface area (Å²) in [6.45, 7) is 3.84. The van der Waals surface area contributed by atoms with Crippen molar-refractivity contribution in [3.8, 4) is 5.88 Å². The average Bonchev–Trinajstić information content (AvgIpc) is 2.70. The minimum atomic E-state index is 0.0564. The fourth-order valence-corrected chi connectivity index (χ4v) is 1.30. The van der Waals surface area contributed by atoms with Crippen LogP contribution in [0.25, 0.3) is 0 Å². The first kappa shape index (κ1) is 12.0. The van der Waals surface area contributed by atoms with Crippen LogP contribution in [0.2, 0.25) is 0 Å². The predicted molar refractivity (Wildman–Crippen MR) is 68.5 cm³/mol. The minimum Gasteiger partial charge on any atom is -0.474 e. The van der Waals surface area contributed by atoms with E-state index in [-0.39, 0.29) is 12.1 Å². The normalized spacial score (nSPS) is 10.6. The summed E-state index contributed by atoms with van der Waals surface area (Å²) in [5.41, 5.74) is 11.6. The number of hydrogen-bond acceptors (Lipinski definition) is 7. The molecule has 0 atom stereocenters. The van der Waals surface area contributed by atoms with Gasteiger partial charge in [-0.25, -0.2) is 4.98 Å². The first-order valence-electron chi connectivity index (χ1n) is 5.41. The molecule has 2 rings (SSSR count). The van der Waals surface area contributed by atoms with Gasteiger partial charge in [0.2, 0.25) is 11.8 Å². The molecule has 0 radical (unpaired) electrons. The Balaban J connectivity index is 2.13. The van der Waals surface area contributed by atoms with Crippen molar-refractivity contribution in [3.63, 3.8) is 0 Å². The summed E-state index contributed by atoms with van der Waals surface area (Å²) in [5.74, 6) is 1.66. The van der Waals surface area contributed by atoms with Crippen molar-refractivity contribution in [2.24, 2.45) is 0 Å². The number of aromatic nitrogens is 4. The van der Waals surface area contributed by atoms with E-state index in [4.69, 9.17) is 16.2 Å². The highest BCUT2D eigenvalue weighted by Crippen LogP contribution is 2.21. The zero-order chi connectivity index (χ0) is 13.1. The van der Waals surface area contributed by atoms with Crippen molar-refractivity contribution in [1.82, 2.24) is 20.2 Å². The highest BCUT2D eigenvalue weighted by molar-refractivity contribution is 5.67. The van der Waals surface area contributed by atoms with Crippen molar-refractivity contribution in [1.29, 1.82) is 0 Å². The molecule has 2 aromatic heterocycles. The second kappa shape index (κ2) is 4.78. The summed E-state index contributed by atoms with van der Waals surface area (Å²) in [5, 5.41) is 9.70. The van der Waals surface area contributed by atoms with Crippen molar-refractivity contribution in [3.05, 3.63) is 12.3 Å². The molecule has 0 spiro atoms. The lowest BCUT2D eigenvalue weighted by Gasteiger charge is -2.06. The zero-order valence-corrected chi connectivity index (χ0v) is 10.1. The number of H-pyrrole nitrogens is 1. The third-order valence-corrected chi connectivity index (χ3v) is 2.00. The lowest BCUT2D eigenvalue weighted by Crippen LogP contribution is -2.05. The molecular formula is C10H15N7O. The van der Waals surface area contributed by atoms with Crippen LogP contribution in [-0.2, 0) is 0 Å². The van der Waals surface area contributed by atoms with Crippen molar-refractivity contribution in [2.75, 3.05) is 16.8 Å². The first-order valence-corrected chi connectivity index (χ1v) is 5.41. The van der Waals surface area contributed by atoms with Gasteiger partial charge in [0.1, 0.15) is 5.82 Å². The largest absolute Gasteiger partial charge is 0.474 e. The molecule has 8 heteroatoms. The van der Waals surface area contributed by atoms with Gasteiger partial charge in [-0.3, -0.25) is 5.10 Å². The molecule has 0 aliphatic rings. The molecule has 0 saturated heterocycles. The Morgan fingerprint density at radius 1 is 1.39 bits per heavy atom. The van der Waals surface area contributed by atoms with Crippen LogP contribution in [0.1, 0.15) is 13.8 Å². The standard InChI is InChI=1S/C10H15N7O/c1-5(2)18-8-3-7(16-17-8)14-9-6(11)4-13-10(12)15-9/h3-5H,11H2,1-2H3,(H4,12,13,14,15,16,17). The summed E-state index contributed by atoms with van der Waals surface area (Å²) in [7, 11) is 0. The van der Waals surface area contributed by atoms with Crippen molar-refractivity contribution >= 4 is 23.3 Å². The monoisotopic (exact) mass is 249 g/mol. The number of aromatic amines is 1. The molecule has 0 amide bonds. The molecular weight excluding hydrogens is 234 g/mol. The summed E-state index contributed by atoms with van der Waals surface area (Å²) in [6, 6.07) is 1.71. The fraction of sp³-hybridized carbons (Fsp3) is 0.300. The maximum Gasteiger partial charge on any atom is 0.234 e.